The van der Waals surface area contributed by atoms with Gasteiger partial charge in [-0.05, 0) is 6.42 Å². The summed E-state index contributed by atoms with van der Waals surface area (Å²) in [5, 5.41) is 38.6. The molecule has 234 valence electrons. The van der Waals surface area contributed by atoms with Gasteiger partial charge in [0.1, 0.15) is 0 Å². The molecule has 0 unspecified atom stereocenters. The predicted octanol–water partition coefficient (Wildman–Crippen LogP) is -1.29. The highest BCUT2D eigenvalue weighted by atomic mass is 16.4. The molecule has 0 radical (unpaired) electrons. The highest BCUT2D eigenvalue weighted by Gasteiger charge is 2.23. The molecular weight excluding hydrogens is 546 g/mol. The highest BCUT2D eigenvalue weighted by Crippen LogP contribution is 2.03. The fourth-order valence-corrected chi connectivity index (χ4v) is 3.40. The number of carbonyl (C=O) groups is 7. The SMILES string of the molecule is CC.CC.O=C(O)CN(CCN(CCN(CC(=O)O)CC(=O)O)CC(=O)NCCCN1C(=O)C=CC1=O)CC(=O)O. The van der Waals surface area contributed by atoms with Crippen molar-refractivity contribution in [2.24, 2.45) is 0 Å². The first kappa shape index (κ1) is 39.3. The molecule has 0 aromatic rings. The highest BCUT2D eigenvalue weighted by molar-refractivity contribution is 6.12. The van der Waals surface area contributed by atoms with Crippen molar-refractivity contribution in [1.29, 1.82) is 0 Å². The third kappa shape index (κ3) is 19.8. The van der Waals surface area contributed by atoms with Gasteiger partial charge in [-0.25, -0.2) is 0 Å². The van der Waals surface area contributed by atoms with E-state index in [9.17, 15) is 33.6 Å². The first-order valence-electron chi connectivity index (χ1n) is 13.2. The van der Waals surface area contributed by atoms with Crippen molar-refractivity contribution in [2.75, 3.05) is 72.0 Å². The Kier molecular flexibility index (Phi) is 21.9. The molecule has 0 saturated carbocycles. The number of hydrogen-bond acceptors (Lipinski definition) is 10. The summed E-state index contributed by atoms with van der Waals surface area (Å²) >= 11 is 0. The lowest BCUT2D eigenvalue weighted by atomic mass is 10.3. The summed E-state index contributed by atoms with van der Waals surface area (Å²) in [6.07, 6.45) is 2.59. The minimum Gasteiger partial charge on any atom is -0.480 e. The van der Waals surface area contributed by atoms with E-state index in [1.165, 1.54) is 4.90 Å². The lowest BCUT2D eigenvalue weighted by Crippen LogP contribution is -2.47. The van der Waals surface area contributed by atoms with E-state index in [2.05, 4.69) is 5.32 Å². The molecule has 41 heavy (non-hydrogen) atoms. The number of aliphatic carboxylic acids is 4. The van der Waals surface area contributed by atoms with E-state index in [-0.39, 0.29) is 45.8 Å². The van der Waals surface area contributed by atoms with Crippen molar-refractivity contribution in [3.05, 3.63) is 12.2 Å². The summed E-state index contributed by atoms with van der Waals surface area (Å²) in [5.74, 6) is -6.34. The Morgan fingerprint density at radius 3 is 1.32 bits per heavy atom. The lowest BCUT2D eigenvalue weighted by Gasteiger charge is -2.28. The van der Waals surface area contributed by atoms with Crippen LogP contribution in [0.4, 0.5) is 0 Å². The average molecular weight is 590 g/mol. The molecule has 0 atom stereocenters. The average Bonchev–Trinajstić information content (AvgIpc) is 3.21. The van der Waals surface area contributed by atoms with Gasteiger partial charge in [0.05, 0.1) is 32.7 Å². The summed E-state index contributed by atoms with van der Waals surface area (Å²) in [7, 11) is 0. The number of amides is 3. The number of carbonyl (C=O) groups excluding carboxylic acids is 3. The molecule has 1 aliphatic rings. The van der Waals surface area contributed by atoms with Crippen LogP contribution in [-0.4, -0.2) is 154 Å². The third-order valence-corrected chi connectivity index (χ3v) is 5.05. The first-order valence-corrected chi connectivity index (χ1v) is 13.2. The van der Waals surface area contributed by atoms with Gasteiger partial charge >= 0.3 is 23.9 Å². The van der Waals surface area contributed by atoms with E-state index >= 15 is 0 Å². The largest absolute Gasteiger partial charge is 0.480 e. The molecule has 1 heterocycles. The molecule has 16 nitrogen and oxygen atoms in total. The zero-order chi connectivity index (χ0) is 32.0. The van der Waals surface area contributed by atoms with E-state index in [0.29, 0.717) is 6.42 Å². The molecule has 0 aliphatic carbocycles. The Morgan fingerprint density at radius 2 is 0.976 bits per heavy atom. The molecule has 1 rings (SSSR count). The van der Waals surface area contributed by atoms with Crippen LogP contribution in [0.5, 0.6) is 0 Å². The second kappa shape index (κ2) is 22.9. The van der Waals surface area contributed by atoms with Crippen LogP contribution in [0.3, 0.4) is 0 Å². The molecule has 16 heteroatoms. The van der Waals surface area contributed by atoms with Crippen LogP contribution in [0.15, 0.2) is 12.2 Å². The Hall–Kier alpha value is -3.89. The molecule has 3 amide bonds. The van der Waals surface area contributed by atoms with Crippen molar-refractivity contribution >= 4 is 41.6 Å². The predicted molar refractivity (Wildman–Crippen MR) is 146 cm³/mol. The summed E-state index contributed by atoms with van der Waals surface area (Å²) in [6.45, 7) is 5.76. The zero-order valence-corrected chi connectivity index (χ0v) is 24.1. The Labute approximate surface area is 239 Å². The van der Waals surface area contributed by atoms with Crippen molar-refractivity contribution in [3.8, 4) is 0 Å². The molecule has 0 spiro atoms. The fraction of sp³-hybridized carbons (Fsp3) is 0.640. The number of imide groups is 1. The van der Waals surface area contributed by atoms with Gasteiger partial charge in [-0.2, -0.15) is 0 Å². The van der Waals surface area contributed by atoms with Crippen LogP contribution >= 0.6 is 0 Å². The van der Waals surface area contributed by atoms with Gasteiger partial charge in [0.15, 0.2) is 0 Å². The molecule has 5 N–H and O–H groups in total. The van der Waals surface area contributed by atoms with Crippen molar-refractivity contribution in [1.82, 2.24) is 24.9 Å². The van der Waals surface area contributed by atoms with E-state index < -0.39 is 67.8 Å². The summed E-state index contributed by atoms with van der Waals surface area (Å²) in [6, 6.07) is 0. The van der Waals surface area contributed by atoms with Crippen LogP contribution < -0.4 is 5.32 Å². The molecule has 1 aliphatic heterocycles. The number of nitrogens with zero attached hydrogens (tertiary/aromatic N) is 4. The van der Waals surface area contributed by atoms with Gasteiger partial charge in [0, 0.05) is 51.4 Å². The van der Waals surface area contributed by atoms with Crippen molar-refractivity contribution in [3.63, 3.8) is 0 Å². The van der Waals surface area contributed by atoms with Crippen LogP contribution in [0, 0.1) is 0 Å². The third-order valence-electron chi connectivity index (χ3n) is 5.05. The van der Waals surface area contributed by atoms with Gasteiger partial charge in [-0.1, -0.05) is 27.7 Å². The molecule has 0 fully saturated rings. The zero-order valence-electron chi connectivity index (χ0n) is 24.1. The summed E-state index contributed by atoms with van der Waals surface area (Å²) in [4.78, 5) is 84.5. The number of nitrogens with one attached hydrogen (secondary N) is 1. The normalized spacial score (nSPS) is 12.1. The Balaban J connectivity index is 0. The fourth-order valence-electron chi connectivity index (χ4n) is 3.40. The minimum absolute atomic E-state index is 0.0322. The van der Waals surface area contributed by atoms with Gasteiger partial charge < -0.3 is 25.7 Å². The molecule has 0 bridgehead atoms. The van der Waals surface area contributed by atoms with Crippen LogP contribution in [-0.2, 0) is 33.6 Å². The number of carboxylic acid groups (broad SMARTS) is 4. The molecular formula is C25H43N5O11. The molecule has 0 aromatic carbocycles. The van der Waals surface area contributed by atoms with Crippen molar-refractivity contribution < 1.29 is 54.0 Å². The smallest absolute Gasteiger partial charge is 0.317 e. The number of carboxylic acids is 4. The van der Waals surface area contributed by atoms with E-state index in [0.717, 1.165) is 26.9 Å². The maximum Gasteiger partial charge on any atom is 0.317 e. The molecule has 0 aromatic heterocycles. The topological polar surface area (TPSA) is 225 Å². The second-order valence-corrected chi connectivity index (χ2v) is 8.14. The van der Waals surface area contributed by atoms with Crippen molar-refractivity contribution in [2.45, 2.75) is 34.1 Å². The van der Waals surface area contributed by atoms with Gasteiger partial charge in [0.25, 0.3) is 11.8 Å². The first-order chi connectivity index (χ1) is 19.4. The number of hydrogen-bond donors (Lipinski definition) is 5. The van der Waals surface area contributed by atoms with Gasteiger partial charge in [-0.15, -0.1) is 0 Å². The number of rotatable bonds is 20. The minimum atomic E-state index is -1.25. The van der Waals surface area contributed by atoms with Crippen LogP contribution in [0.25, 0.3) is 0 Å². The second-order valence-electron chi connectivity index (χ2n) is 8.14. The van der Waals surface area contributed by atoms with Gasteiger partial charge in [-0.3, -0.25) is 53.2 Å². The maximum absolute atomic E-state index is 12.5. The Morgan fingerprint density at radius 1 is 0.634 bits per heavy atom. The van der Waals surface area contributed by atoms with E-state index in [4.69, 9.17) is 20.4 Å². The van der Waals surface area contributed by atoms with Crippen LogP contribution in [0.2, 0.25) is 0 Å². The van der Waals surface area contributed by atoms with E-state index in [1.807, 2.05) is 27.7 Å². The van der Waals surface area contributed by atoms with Gasteiger partial charge in [0.2, 0.25) is 5.91 Å². The maximum atomic E-state index is 12.5. The summed E-state index contributed by atoms with van der Waals surface area (Å²) < 4.78 is 0. The van der Waals surface area contributed by atoms with Crippen LogP contribution in [0.1, 0.15) is 34.1 Å². The lowest BCUT2D eigenvalue weighted by molar-refractivity contribution is -0.143. The molecule has 0 saturated heterocycles. The Bertz CT molecular complexity index is 820. The summed E-state index contributed by atoms with van der Waals surface area (Å²) in [5.41, 5.74) is 0. The standard InChI is InChI=1S/C21H31N5O11.2C2H6/c27-15(22-4-1-5-26-16(28)2-3-17(26)29)10-23(6-8-24(11-18(30)31)12-19(32)33)7-9-25(13-20(34)35)14-21(36)37;2*1-2/h2-3H,1,4-14H2,(H,22,27)(H,30,31)(H,32,33)(H,34,35)(H,36,37);2*1-2H3. The van der Waals surface area contributed by atoms with E-state index in [1.54, 1.807) is 0 Å². The quantitative estimate of drug-likeness (QED) is 0.0823. The monoisotopic (exact) mass is 589 g/mol.